The minimum absolute atomic E-state index is 0.0923. The van der Waals surface area contributed by atoms with Gasteiger partial charge in [-0.2, -0.15) is 4.98 Å². The van der Waals surface area contributed by atoms with Crippen LogP contribution in [0.4, 0.5) is 17.5 Å². The highest BCUT2D eigenvalue weighted by atomic mass is 16.1. The number of primary amides is 1. The molecule has 0 bridgehead atoms. The summed E-state index contributed by atoms with van der Waals surface area (Å²) in [6.07, 6.45) is 5.19. The maximum atomic E-state index is 11.8. The van der Waals surface area contributed by atoms with Crippen molar-refractivity contribution < 1.29 is 4.79 Å². The first-order valence-corrected chi connectivity index (χ1v) is 9.15. The van der Waals surface area contributed by atoms with Crippen LogP contribution < -0.4 is 21.7 Å². The molecule has 1 unspecified atom stereocenters. The molecule has 2 aromatic rings. The van der Waals surface area contributed by atoms with E-state index in [4.69, 9.17) is 11.5 Å². The molecule has 8 heteroatoms. The highest BCUT2D eigenvalue weighted by Crippen LogP contribution is 2.26. The van der Waals surface area contributed by atoms with Crippen molar-refractivity contribution in [2.45, 2.75) is 45.1 Å². The number of nitrogens with one attached hydrogen (secondary N) is 1. The fourth-order valence-corrected chi connectivity index (χ4v) is 3.05. The predicted octanol–water partition coefficient (Wildman–Crippen LogP) is 1.94. The summed E-state index contributed by atoms with van der Waals surface area (Å²) in [6.45, 7) is 7.81. The van der Waals surface area contributed by atoms with E-state index in [1.54, 1.807) is 6.20 Å². The average Bonchev–Trinajstić information content (AvgIpc) is 2.61. The Bertz CT molecular complexity index is 831. The summed E-state index contributed by atoms with van der Waals surface area (Å²) in [4.78, 5) is 27.2. The number of nitrogens with two attached hydrogens (primary N) is 2. The van der Waals surface area contributed by atoms with Gasteiger partial charge in [-0.1, -0.05) is 20.8 Å². The van der Waals surface area contributed by atoms with Gasteiger partial charge in [-0.3, -0.25) is 9.78 Å². The van der Waals surface area contributed by atoms with E-state index in [2.05, 4.69) is 41.0 Å². The molecule has 2 aromatic heterocycles. The van der Waals surface area contributed by atoms with Crippen LogP contribution in [0.15, 0.2) is 24.5 Å². The predicted molar refractivity (Wildman–Crippen MR) is 106 cm³/mol. The van der Waals surface area contributed by atoms with E-state index in [-0.39, 0.29) is 17.0 Å². The normalized spacial score (nSPS) is 17.6. The van der Waals surface area contributed by atoms with E-state index in [1.165, 1.54) is 6.20 Å². The van der Waals surface area contributed by atoms with Crippen LogP contribution in [0.1, 0.15) is 49.7 Å². The molecule has 1 saturated heterocycles. The van der Waals surface area contributed by atoms with Gasteiger partial charge >= 0.3 is 0 Å². The summed E-state index contributed by atoms with van der Waals surface area (Å²) in [5, 5.41) is 3.21. The molecule has 3 heterocycles. The van der Waals surface area contributed by atoms with E-state index in [1.807, 2.05) is 17.0 Å². The number of aromatic nitrogens is 3. The maximum Gasteiger partial charge on any atom is 0.254 e. The SMILES string of the molecule is CC(C)(C)c1cc(Nc2nc(N3CCCC(N)C3)ncc2C(N)=O)ccn1. The lowest BCUT2D eigenvalue weighted by molar-refractivity contribution is 0.100. The topological polar surface area (TPSA) is 123 Å². The van der Waals surface area contributed by atoms with Crippen molar-refractivity contribution in [3.63, 3.8) is 0 Å². The molecular formula is C19H27N7O. The number of carbonyl (C=O) groups excluding carboxylic acids is 1. The van der Waals surface area contributed by atoms with Crippen molar-refractivity contribution in [3.05, 3.63) is 35.8 Å². The van der Waals surface area contributed by atoms with E-state index >= 15 is 0 Å². The van der Waals surface area contributed by atoms with E-state index < -0.39 is 5.91 Å². The lowest BCUT2D eigenvalue weighted by Gasteiger charge is -2.31. The maximum absolute atomic E-state index is 11.8. The molecule has 1 amide bonds. The Hall–Kier alpha value is -2.74. The van der Waals surface area contributed by atoms with Crippen LogP contribution in [-0.4, -0.2) is 40.0 Å². The van der Waals surface area contributed by atoms with Crippen LogP contribution in [0, 0.1) is 0 Å². The van der Waals surface area contributed by atoms with E-state index in [9.17, 15) is 4.79 Å². The highest BCUT2D eigenvalue weighted by Gasteiger charge is 2.22. The van der Waals surface area contributed by atoms with E-state index in [0.29, 0.717) is 18.3 Å². The zero-order valence-electron chi connectivity index (χ0n) is 16.1. The lowest BCUT2D eigenvalue weighted by atomic mass is 9.91. The first kappa shape index (κ1) is 19.0. The molecule has 0 spiro atoms. The fraction of sp³-hybridized carbons (Fsp3) is 0.474. The Labute approximate surface area is 159 Å². The van der Waals surface area contributed by atoms with Gasteiger partial charge in [0.15, 0.2) is 0 Å². The number of amides is 1. The van der Waals surface area contributed by atoms with Crippen LogP contribution in [0.5, 0.6) is 0 Å². The quantitative estimate of drug-likeness (QED) is 0.752. The zero-order valence-corrected chi connectivity index (χ0v) is 16.1. The molecule has 1 atom stereocenters. The zero-order chi connectivity index (χ0) is 19.6. The number of piperidine rings is 1. The molecule has 1 aliphatic rings. The van der Waals surface area contributed by atoms with E-state index in [0.717, 1.165) is 30.8 Å². The van der Waals surface area contributed by atoms with Crippen LogP contribution in [-0.2, 0) is 5.41 Å². The molecule has 0 saturated carbocycles. The van der Waals surface area contributed by atoms with Crippen LogP contribution in [0.25, 0.3) is 0 Å². The van der Waals surface area contributed by atoms with Crippen molar-refractivity contribution in [2.24, 2.45) is 11.5 Å². The standard InChI is InChI=1S/C19H27N7O/c1-19(2,3)15-9-13(6-7-22-15)24-17-14(16(21)27)10-23-18(25-17)26-8-4-5-12(20)11-26/h6-7,9-10,12H,4-5,8,11,20H2,1-3H3,(H2,21,27)(H,22,23,24,25). The van der Waals surface area contributed by atoms with Crippen LogP contribution >= 0.6 is 0 Å². The summed E-state index contributed by atoms with van der Waals surface area (Å²) in [5.74, 6) is 0.352. The van der Waals surface area contributed by atoms with Gasteiger partial charge in [-0.15, -0.1) is 0 Å². The van der Waals surface area contributed by atoms with Gasteiger partial charge < -0.3 is 21.7 Å². The van der Waals surface area contributed by atoms with Crippen molar-refractivity contribution in [2.75, 3.05) is 23.3 Å². The van der Waals surface area contributed by atoms with Crippen LogP contribution in [0.3, 0.4) is 0 Å². The minimum Gasteiger partial charge on any atom is -0.365 e. The number of carbonyl (C=O) groups is 1. The largest absolute Gasteiger partial charge is 0.365 e. The molecular weight excluding hydrogens is 342 g/mol. The first-order valence-electron chi connectivity index (χ1n) is 9.15. The third kappa shape index (κ3) is 4.51. The molecule has 1 fully saturated rings. The monoisotopic (exact) mass is 369 g/mol. The van der Waals surface area contributed by atoms with Crippen molar-refractivity contribution in [1.29, 1.82) is 0 Å². The van der Waals surface area contributed by atoms with Crippen LogP contribution in [0.2, 0.25) is 0 Å². The minimum atomic E-state index is -0.579. The summed E-state index contributed by atoms with van der Waals surface area (Å²) in [5.41, 5.74) is 13.5. The number of nitrogens with zero attached hydrogens (tertiary/aromatic N) is 4. The second-order valence-corrected chi connectivity index (χ2v) is 7.95. The van der Waals surface area contributed by atoms with Crippen molar-refractivity contribution in [1.82, 2.24) is 15.0 Å². The number of rotatable bonds is 4. The number of pyridine rings is 1. The Morgan fingerprint density at radius 1 is 1.33 bits per heavy atom. The number of anilines is 3. The summed E-state index contributed by atoms with van der Waals surface area (Å²) < 4.78 is 0. The Morgan fingerprint density at radius 2 is 2.11 bits per heavy atom. The molecule has 3 rings (SSSR count). The Morgan fingerprint density at radius 3 is 2.78 bits per heavy atom. The van der Waals surface area contributed by atoms with Gasteiger partial charge in [0.25, 0.3) is 5.91 Å². The first-order chi connectivity index (χ1) is 12.7. The molecule has 8 nitrogen and oxygen atoms in total. The van der Waals surface area contributed by atoms with Gasteiger partial charge in [0.2, 0.25) is 5.95 Å². The molecule has 144 valence electrons. The van der Waals surface area contributed by atoms with Gasteiger partial charge in [0.1, 0.15) is 11.4 Å². The van der Waals surface area contributed by atoms with Gasteiger partial charge in [-0.25, -0.2) is 4.98 Å². The van der Waals surface area contributed by atoms with Crippen molar-refractivity contribution >= 4 is 23.4 Å². The summed E-state index contributed by atoms with van der Waals surface area (Å²) >= 11 is 0. The van der Waals surface area contributed by atoms with Gasteiger partial charge in [0.05, 0.1) is 0 Å². The lowest BCUT2D eigenvalue weighted by Crippen LogP contribution is -2.43. The smallest absolute Gasteiger partial charge is 0.254 e. The molecule has 5 N–H and O–H groups in total. The molecule has 0 aromatic carbocycles. The third-order valence-electron chi connectivity index (χ3n) is 4.57. The Kier molecular flexibility index (Phi) is 5.27. The fourth-order valence-electron chi connectivity index (χ4n) is 3.05. The van der Waals surface area contributed by atoms with Gasteiger partial charge in [-0.05, 0) is 25.0 Å². The number of hydrogen-bond acceptors (Lipinski definition) is 7. The summed E-state index contributed by atoms with van der Waals surface area (Å²) in [6, 6.07) is 3.88. The molecule has 27 heavy (non-hydrogen) atoms. The van der Waals surface area contributed by atoms with Gasteiger partial charge in [0, 0.05) is 48.3 Å². The summed E-state index contributed by atoms with van der Waals surface area (Å²) in [7, 11) is 0. The molecule has 0 radical (unpaired) electrons. The highest BCUT2D eigenvalue weighted by molar-refractivity contribution is 5.98. The number of hydrogen-bond donors (Lipinski definition) is 3. The average molecular weight is 369 g/mol. The third-order valence-corrected chi connectivity index (χ3v) is 4.57. The molecule has 0 aliphatic carbocycles. The second kappa shape index (κ2) is 7.48. The van der Waals surface area contributed by atoms with Crippen molar-refractivity contribution in [3.8, 4) is 0 Å². The molecule has 1 aliphatic heterocycles. The second-order valence-electron chi connectivity index (χ2n) is 7.95. The Balaban J connectivity index is 1.93.